The van der Waals surface area contributed by atoms with E-state index in [0.29, 0.717) is 10.7 Å². The van der Waals surface area contributed by atoms with Crippen LogP contribution in [0.5, 0.6) is 5.75 Å². The number of piperidine rings is 1. The Morgan fingerprint density at radius 1 is 1.58 bits per heavy atom. The van der Waals surface area contributed by atoms with Gasteiger partial charge in [0.2, 0.25) is 0 Å². The molecule has 0 bridgehead atoms. The molecule has 1 aliphatic heterocycles. The monoisotopic (exact) mass is 280 g/mol. The highest BCUT2D eigenvalue weighted by Crippen LogP contribution is 2.21. The molecule has 1 fully saturated rings. The number of aliphatic hydroxyl groups excluding tert-OH is 1. The van der Waals surface area contributed by atoms with Gasteiger partial charge in [-0.05, 0) is 37.1 Å². The topological polar surface area (TPSA) is 58.7 Å². The van der Waals surface area contributed by atoms with Crippen molar-refractivity contribution in [3.8, 4) is 5.75 Å². The number of methoxy groups -OCH3 is 1. The van der Waals surface area contributed by atoms with Crippen LogP contribution < -0.4 is 10.5 Å². The van der Waals surface area contributed by atoms with Crippen molar-refractivity contribution in [2.24, 2.45) is 5.73 Å². The average Bonchev–Trinajstić information content (AvgIpc) is 2.38. The third kappa shape index (κ3) is 3.65. The summed E-state index contributed by atoms with van der Waals surface area (Å²) in [5.41, 5.74) is 7.62. The van der Waals surface area contributed by atoms with Crippen molar-refractivity contribution in [2.45, 2.75) is 25.5 Å². The maximum Gasteiger partial charge on any atom is 0.129 e. The number of ether oxygens (including phenoxy) is 1. The largest absolute Gasteiger partial charge is 0.496 e. The summed E-state index contributed by atoms with van der Waals surface area (Å²) in [6.45, 7) is 2.55. The highest BCUT2D eigenvalue weighted by molar-refractivity contribution is 7.80. The van der Waals surface area contributed by atoms with Crippen molar-refractivity contribution in [3.63, 3.8) is 0 Å². The molecule has 1 saturated heterocycles. The van der Waals surface area contributed by atoms with Crippen molar-refractivity contribution in [3.05, 3.63) is 29.3 Å². The maximum atomic E-state index is 9.68. The lowest BCUT2D eigenvalue weighted by Crippen LogP contribution is -2.37. The number of β-amino-alcohol motifs (C(OH)–C–C–N with tert-alkyl or cyclic N) is 1. The van der Waals surface area contributed by atoms with Crippen LogP contribution >= 0.6 is 12.2 Å². The molecule has 1 unspecified atom stereocenters. The Morgan fingerprint density at radius 2 is 2.37 bits per heavy atom. The number of hydrogen-bond donors (Lipinski definition) is 2. The van der Waals surface area contributed by atoms with Gasteiger partial charge >= 0.3 is 0 Å². The molecule has 0 amide bonds. The number of likely N-dealkylation sites (tertiary alicyclic amines) is 1. The minimum atomic E-state index is -0.206. The van der Waals surface area contributed by atoms with Crippen molar-refractivity contribution in [1.82, 2.24) is 4.90 Å². The van der Waals surface area contributed by atoms with Gasteiger partial charge in [0.05, 0.1) is 18.8 Å². The molecule has 1 aliphatic rings. The molecule has 1 heterocycles. The molecular weight excluding hydrogens is 260 g/mol. The lowest BCUT2D eigenvalue weighted by molar-refractivity contribution is 0.0668. The molecular formula is C14H20N2O2S. The maximum absolute atomic E-state index is 9.68. The van der Waals surface area contributed by atoms with Crippen LogP contribution in [0, 0.1) is 0 Å². The van der Waals surface area contributed by atoms with E-state index in [1.165, 1.54) is 0 Å². The predicted octanol–water partition coefficient (Wildman–Crippen LogP) is 1.29. The van der Waals surface area contributed by atoms with Crippen molar-refractivity contribution >= 4 is 17.2 Å². The van der Waals surface area contributed by atoms with E-state index < -0.39 is 0 Å². The number of nitrogens with two attached hydrogens (primary N) is 1. The van der Waals surface area contributed by atoms with E-state index >= 15 is 0 Å². The molecule has 1 atom stereocenters. The molecule has 0 aromatic heterocycles. The normalized spacial score (nSPS) is 20.2. The third-order valence-corrected chi connectivity index (χ3v) is 3.64. The molecule has 0 radical (unpaired) electrons. The molecule has 1 aromatic rings. The predicted molar refractivity (Wildman–Crippen MR) is 79.4 cm³/mol. The van der Waals surface area contributed by atoms with Gasteiger partial charge < -0.3 is 15.6 Å². The van der Waals surface area contributed by atoms with Gasteiger partial charge in [0.25, 0.3) is 0 Å². The average molecular weight is 280 g/mol. The molecule has 5 heteroatoms. The van der Waals surface area contributed by atoms with E-state index in [0.717, 1.165) is 43.6 Å². The number of benzene rings is 1. The second-order valence-electron chi connectivity index (χ2n) is 4.93. The fourth-order valence-electron chi connectivity index (χ4n) is 2.48. The smallest absolute Gasteiger partial charge is 0.129 e. The third-order valence-electron chi connectivity index (χ3n) is 3.42. The molecule has 0 saturated carbocycles. The van der Waals surface area contributed by atoms with Crippen LogP contribution in [0.4, 0.5) is 0 Å². The van der Waals surface area contributed by atoms with E-state index in [-0.39, 0.29) is 6.10 Å². The summed E-state index contributed by atoms with van der Waals surface area (Å²) in [4.78, 5) is 2.59. The zero-order valence-corrected chi connectivity index (χ0v) is 11.9. The number of hydrogen-bond acceptors (Lipinski definition) is 4. The van der Waals surface area contributed by atoms with Crippen LogP contribution in [-0.2, 0) is 6.54 Å². The van der Waals surface area contributed by atoms with Crippen LogP contribution in [0.25, 0.3) is 0 Å². The Balaban J connectivity index is 2.12. The first kappa shape index (κ1) is 14.2. The lowest BCUT2D eigenvalue weighted by Gasteiger charge is -2.30. The quantitative estimate of drug-likeness (QED) is 0.814. The molecule has 2 rings (SSSR count). The minimum Gasteiger partial charge on any atom is -0.496 e. The van der Waals surface area contributed by atoms with E-state index in [1.807, 2.05) is 18.2 Å². The first-order chi connectivity index (χ1) is 9.10. The standard InChI is InChI=1S/C14H20N2O2S/c1-18-13-5-4-10(7-12(13)14(15)19)8-16-6-2-3-11(17)9-16/h4-5,7,11,17H,2-3,6,8-9H2,1H3,(H2,15,19). The second-order valence-corrected chi connectivity index (χ2v) is 5.37. The van der Waals surface area contributed by atoms with Crippen molar-refractivity contribution < 1.29 is 9.84 Å². The van der Waals surface area contributed by atoms with Crippen LogP contribution in [0.2, 0.25) is 0 Å². The van der Waals surface area contributed by atoms with Gasteiger partial charge in [0, 0.05) is 13.1 Å². The van der Waals surface area contributed by atoms with Crippen LogP contribution in [-0.4, -0.2) is 41.3 Å². The Labute approximate surface area is 119 Å². The molecule has 1 aromatic carbocycles. The number of nitrogens with zero attached hydrogens (tertiary/aromatic N) is 1. The number of rotatable bonds is 4. The van der Waals surface area contributed by atoms with E-state index in [2.05, 4.69) is 4.90 Å². The van der Waals surface area contributed by atoms with Crippen molar-refractivity contribution in [1.29, 1.82) is 0 Å². The van der Waals surface area contributed by atoms with E-state index in [1.54, 1.807) is 7.11 Å². The molecule has 19 heavy (non-hydrogen) atoms. The molecule has 3 N–H and O–H groups in total. The van der Waals surface area contributed by atoms with Gasteiger partial charge in [0.15, 0.2) is 0 Å². The molecule has 0 spiro atoms. The molecule has 0 aliphatic carbocycles. The second kappa shape index (κ2) is 6.32. The molecule has 104 valence electrons. The van der Waals surface area contributed by atoms with Crippen LogP contribution in [0.3, 0.4) is 0 Å². The van der Waals surface area contributed by atoms with Gasteiger partial charge in [-0.3, -0.25) is 4.90 Å². The van der Waals surface area contributed by atoms with E-state index in [4.69, 9.17) is 22.7 Å². The number of aliphatic hydroxyl groups is 1. The van der Waals surface area contributed by atoms with Crippen LogP contribution in [0.1, 0.15) is 24.0 Å². The van der Waals surface area contributed by atoms with Gasteiger partial charge in [-0.15, -0.1) is 0 Å². The highest BCUT2D eigenvalue weighted by Gasteiger charge is 2.18. The Kier molecular flexibility index (Phi) is 4.74. The lowest BCUT2D eigenvalue weighted by atomic mass is 10.1. The number of thiocarbonyl (C=S) groups is 1. The van der Waals surface area contributed by atoms with Gasteiger partial charge in [0.1, 0.15) is 10.7 Å². The Bertz CT molecular complexity index is 465. The van der Waals surface area contributed by atoms with Gasteiger partial charge in [-0.1, -0.05) is 18.3 Å². The summed E-state index contributed by atoms with van der Waals surface area (Å²) in [6.07, 6.45) is 1.73. The summed E-state index contributed by atoms with van der Waals surface area (Å²) in [7, 11) is 1.61. The summed E-state index contributed by atoms with van der Waals surface area (Å²) >= 11 is 5.04. The highest BCUT2D eigenvalue weighted by atomic mass is 32.1. The zero-order valence-electron chi connectivity index (χ0n) is 11.1. The summed E-state index contributed by atoms with van der Waals surface area (Å²) in [6, 6.07) is 5.88. The first-order valence-electron chi connectivity index (χ1n) is 6.47. The fourth-order valence-corrected chi connectivity index (χ4v) is 2.64. The molecule has 4 nitrogen and oxygen atoms in total. The zero-order chi connectivity index (χ0) is 13.8. The van der Waals surface area contributed by atoms with Crippen molar-refractivity contribution in [2.75, 3.05) is 20.2 Å². The SMILES string of the molecule is COc1ccc(CN2CCCC(O)C2)cc1C(N)=S. The Hall–Kier alpha value is -1.17. The van der Waals surface area contributed by atoms with E-state index in [9.17, 15) is 5.11 Å². The van der Waals surface area contributed by atoms with Gasteiger partial charge in [-0.25, -0.2) is 0 Å². The first-order valence-corrected chi connectivity index (χ1v) is 6.88. The minimum absolute atomic E-state index is 0.206. The van der Waals surface area contributed by atoms with Gasteiger partial charge in [-0.2, -0.15) is 0 Å². The summed E-state index contributed by atoms with van der Waals surface area (Å²) in [5, 5.41) is 9.68. The Morgan fingerprint density at radius 3 is 3.00 bits per heavy atom. The summed E-state index contributed by atoms with van der Waals surface area (Å²) in [5.74, 6) is 0.704. The fraction of sp³-hybridized carbons (Fsp3) is 0.500. The van der Waals surface area contributed by atoms with Crippen LogP contribution in [0.15, 0.2) is 18.2 Å². The summed E-state index contributed by atoms with van der Waals surface area (Å²) < 4.78 is 5.25.